The number of hydrogen-bond donors (Lipinski definition) is 0. The zero-order valence-electron chi connectivity index (χ0n) is 16.5. The van der Waals surface area contributed by atoms with E-state index < -0.39 is 11.6 Å². The minimum atomic E-state index is -0.744. The lowest BCUT2D eigenvalue weighted by atomic mass is 10.0. The van der Waals surface area contributed by atoms with E-state index in [2.05, 4.69) is 9.97 Å². The normalized spacial score (nSPS) is 11.1. The highest BCUT2D eigenvalue weighted by atomic mass is 32.1. The van der Waals surface area contributed by atoms with Crippen LogP contribution in [0.2, 0.25) is 0 Å². The molecule has 1 amide bonds. The molecule has 0 fully saturated rings. The molecule has 0 radical (unpaired) electrons. The fourth-order valence-corrected chi connectivity index (χ4v) is 4.18. The van der Waals surface area contributed by atoms with E-state index in [0.717, 1.165) is 34.1 Å². The summed E-state index contributed by atoms with van der Waals surface area (Å²) in [6.45, 7) is 4.21. The Morgan fingerprint density at radius 2 is 1.90 bits per heavy atom. The molecule has 0 saturated heterocycles. The molecule has 0 aliphatic heterocycles. The molecule has 4 aromatic rings. The van der Waals surface area contributed by atoms with E-state index in [1.807, 2.05) is 44.2 Å². The largest absolute Gasteiger partial charge is 0.282 e. The van der Waals surface area contributed by atoms with Gasteiger partial charge in [0, 0.05) is 12.3 Å². The molecule has 7 heteroatoms. The molecule has 2 aromatic carbocycles. The van der Waals surface area contributed by atoms with Gasteiger partial charge in [-0.3, -0.25) is 14.7 Å². The van der Waals surface area contributed by atoms with Gasteiger partial charge >= 0.3 is 0 Å². The molecule has 0 bridgehead atoms. The topological polar surface area (TPSA) is 46.1 Å². The maximum absolute atomic E-state index is 14.2. The van der Waals surface area contributed by atoms with Gasteiger partial charge in [0.2, 0.25) is 5.91 Å². The number of carbonyl (C=O) groups is 1. The highest BCUT2D eigenvalue weighted by Gasteiger charge is 2.22. The molecule has 152 valence electrons. The monoisotopic (exact) mass is 423 g/mol. The van der Waals surface area contributed by atoms with E-state index >= 15 is 0 Å². The third kappa shape index (κ3) is 4.21. The minimum absolute atomic E-state index is 0.0569. The first kappa shape index (κ1) is 20.1. The first-order valence-electron chi connectivity index (χ1n) is 9.42. The van der Waals surface area contributed by atoms with E-state index in [4.69, 9.17) is 0 Å². The lowest BCUT2D eigenvalue weighted by molar-refractivity contribution is -0.118. The van der Waals surface area contributed by atoms with Crippen LogP contribution in [0.3, 0.4) is 0 Å². The number of aromatic nitrogens is 2. The number of pyridine rings is 1. The van der Waals surface area contributed by atoms with Crippen molar-refractivity contribution in [2.24, 2.45) is 0 Å². The molecule has 0 aliphatic carbocycles. The number of nitrogens with zero attached hydrogens (tertiary/aromatic N) is 3. The zero-order chi connectivity index (χ0) is 21.3. The number of rotatable bonds is 5. The summed E-state index contributed by atoms with van der Waals surface area (Å²) in [5.74, 6) is -1.61. The fourth-order valence-electron chi connectivity index (χ4n) is 3.16. The first-order valence-corrected chi connectivity index (χ1v) is 10.2. The highest BCUT2D eigenvalue weighted by Crippen LogP contribution is 2.32. The van der Waals surface area contributed by atoms with Gasteiger partial charge in [0.1, 0.15) is 11.3 Å². The van der Waals surface area contributed by atoms with Crippen molar-refractivity contribution in [2.75, 3.05) is 4.90 Å². The Kier molecular flexibility index (Phi) is 5.55. The summed E-state index contributed by atoms with van der Waals surface area (Å²) in [5, 5.41) is 0.314. The van der Waals surface area contributed by atoms with E-state index in [1.165, 1.54) is 11.0 Å². The van der Waals surface area contributed by atoms with Crippen LogP contribution in [0.15, 0.2) is 54.7 Å². The number of aryl methyl sites for hydroxylation is 2. The number of halogens is 2. The number of benzene rings is 2. The van der Waals surface area contributed by atoms with Gasteiger partial charge in [-0.25, -0.2) is 13.8 Å². The van der Waals surface area contributed by atoms with Gasteiger partial charge in [-0.05, 0) is 48.7 Å². The smallest absolute Gasteiger partial charge is 0.233 e. The Labute approximate surface area is 176 Å². The molecule has 0 N–H and O–H groups in total. The molecule has 0 saturated carbocycles. The molecule has 0 aliphatic rings. The van der Waals surface area contributed by atoms with Crippen LogP contribution in [0.4, 0.5) is 13.9 Å². The van der Waals surface area contributed by atoms with E-state index in [9.17, 15) is 13.6 Å². The lowest BCUT2D eigenvalue weighted by Crippen LogP contribution is -2.32. The number of hydrogen-bond acceptors (Lipinski definition) is 4. The van der Waals surface area contributed by atoms with Gasteiger partial charge in [-0.15, -0.1) is 0 Å². The van der Waals surface area contributed by atoms with Crippen LogP contribution >= 0.6 is 11.3 Å². The predicted octanol–water partition coefficient (Wildman–Crippen LogP) is 5.36. The third-order valence-electron chi connectivity index (χ3n) is 4.91. The molecule has 2 heterocycles. The summed E-state index contributed by atoms with van der Waals surface area (Å²) in [4.78, 5) is 23.3. The number of amides is 1. The van der Waals surface area contributed by atoms with E-state index in [-0.39, 0.29) is 24.4 Å². The average molecular weight is 423 g/mol. The van der Waals surface area contributed by atoms with E-state index in [1.54, 1.807) is 12.3 Å². The maximum atomic E-state index is 14.2. The molecule has 0 spiro atoms. The molecule has 30 heavy (non-hydrogen) atoms. The average Bonchev–Trinajstić information content (AvgIpc) is 3.13. The minimum Gasteiger partial charge on any atom is -0.282 e. The van der Waals surface area contributed by atoms with Gasteiger partial charge in [-0.2, -0.15) is 0 Å². The molecule has 4 rings (SSSR count). The van der Waals surface area contributed by atoms with E-state index in [0.29, 0.717) is 15.5 Å². The number of thiazole rings is 1. The van der Waals surface area contributed by atoms with Gasteiger partial charge < -0.3 is 0 Å². The quantitative estimate of drug-likeness (QED) is 0.434. The van der Waals surface area contributed by atoms with Crippen molar-refractivity contribution >= 4 is 32.6 Å². The third-order valence-corrected chi connectivity index (χ3v) is 5.93. The van der Waals surface area contributed by atoms with Gasteiger partial charge in [0.05, 0.1) is 23.4 Å². The summed E-state index contributed by atoms with van der Waals surface area (Å²) < 4.78 is 28.1. The van der Waals surface area contributed by atoms with Crippen molar-refractivity contribution < 1.29 is 13.6 Å². The molecule has 4 nitrogen and oxygen atoms in total. The van der Waals surface area contributed by atoms with Gasteiger partial charge in [-0.1, -0.05) is 35.6 Å². The Bertz CT molecular complexity index is 1220. The Hall–Kier alpha value is -3.19. The SMILES string of the molecule is Cc1ccc(CC(=O)N(Cc2ccccn2)c2nc3c(F)cc(F)cc3s2)cc1C. The van der Waals surface area contributed by atoms with Gasteiger partial charge in [0.25, 0.3) is 0 Å². The summed E-state index contributed by atoms with van der Waals surface area (Å²) in [5.41, 5.74) is 3.88. The first-order chi connectivity index (χ1) is 14.4. The second-order valence-corrected chi connectivity index (χ2v) is 8.14. The molecule has 2 aromatic heterocycles. The fraction of sp³-hybridized carbons (Fsp3) is 0.174. The van der Waals surface area contributed by atoms with Crippen molar-refractivity contribution in [3.63, 3.8) is 0 Å². The van der Waals surface area contributed by atoms with Crippen LogP contribution in [-0.2, 0) is 17.8 Å². The Morgan fingerprint density at radius 3 is 2.63 bits per heavy atom. The van der Waals surface area contributed by atoms with Crippen molar-refractivity contribution in [2.45, 2.75) is 26.8 Å². The molecule has 0 unspecified atom stereocenters. The second kappa shape index (κ2) is 8.28. The molecular weight excluding hydrogens is 404 g/mol. The summed E-state index contributed by atoms with van der Waals surface area (Å²) in [7, 11) is 0. The number of anilines is 1. The maximum Gasteiger partial charge on any atom is 0.233 e. The number of carbonyl (C=O) groups excluding carboxylic acids is 1. The van der Waals surface area contributed by atoms with Crippen LogP contribution in [-0.4, -0.2) is 15.9 Å². The van der Waals surface area contributed by atoms with Crippen molar-refractivity contribution in [1.29, 1.82) is 0 Å². The predicted molar refractivity (Wildman–Crippen MR) is 115 cm³/mol. The molecular formula is C23H19F2N3OS. The molecule has 0 atom stereocenters. The van der Waals surface area contributed by atoms with Crippen LogP contribution in [0.1, 0.15) is 22.4 Å². The Morgan fingerprint density at radius 1 is 1.07 bits per heavy atom. The summed E-state index contributed by atoms with van der Waals surface area (Å²) >= 11 is 1.08. The van der Waals surface area contributed by atoms with Crippen molar-refractivity contribution in [1.82, 2.24) is 9.97 Å². The van der Waals surface area contributed by atoms with Crippen LogP contribution in [0.25, 0.3) is 10.2 Å². The lowest BCUT2D eigenvalue weighted by Gasteiger charge is -2.20. The van der Waals surface area contributed by atoms with Crippen LogP contribution in [0.5, 0.6) is 0 Å². The summed E-state index contributed by atoms with van der Waals surface area (Å²) in [6, 6.07) is 13.4. The van der Waals surface area contributed by atoms with Crippen LogP contribution in [0, 0.1) is 25.5 Å². The van der Waals surface area contributed by atoms with Crippen molar-refractivity contribution in [3.8, 4) is 0 Å². The standard InChI is InChI=1S/C23H19F2N3OS/c1-14-6-7-16(9-15(14)2)10-21(29)28(13-18-5-3-4-8-26-18)23-27-22-19(25)11-17(24)12-20(22)30-23/h3-9,11-12H,10,13H2,1-2H3. The second-order valence-electron chi connectivity index (χ2n) is 7.13. The Balaban J connectivity index is 1.71. The highest BCUT2D eigenvalue weighted by molar-refractivity contribution is 7.22. The number of fused-ring (bicyclic) bond motifs is 1. The van der Waals surface area contributed by atoms with Gasteiger partial charge in [0.15, 0.2) is 10.9 Å². The zero-order valence-corrected chi connectivity index (χ0v) is 17.3. The van der Waals surface area contributed by atoms with Crippen molar-refractivity contribution in [3.05, 3.63) is 88.7 Å². The summed E-state index contributed by atoms with van der Waals surface area (Å²) in [6.07, 6.45) is 1.81. The van der Waals surface area contributed by atoms with Crippen LogP contribution < -0.4 is 4.90 Å².